The van der Waals surface area contributed by atoms with Gasteiger partial charge < -0.3 is 8.98 Å². The lowest BCUT2D eigenvalue weighted by atomic mass is 9.84. The van der Waals surface area contributed by atoms with Crippen molar-refractivity contribution >= 4 is 71.6 Å². The van der Waals surface area contributed by atoms with Crippen molar-refractivity contribution < 1.29 is 4.42 Å². The van der Waals surface area contributed by atoms with E-state index in [9.17, 15) is 0 Å². The highest BCUT2D eigenvalue weighted by Gasteiger charge is 2.27. The second-order valence-corrected chi connectivity index (χ2v) is 18.9. The zero-order valence-corrected chi connectivity index (χ0v) is 38.7. The van der Waals surface area contributed by atoms with Crippen LogP contribution in [0, 0.1) is 0 Å². The molecule has 10 aromatic carbocycles. The van der Waals surface area contributed by atoms with Crippen LogP contribution in [0.4, 0.5) is 0 Å². The number of nitrogens with zero attached hydrogens (tertiary/aromatic N) is 1. The highest BCUT2D eigenvalue weighted by atomic mass is 16.3. The number of hydrogen-bond acceptors (Lipinski definition) is 1. The average molecular weight is 894 g/mol. The zero-order valence-electron chi connectivity index (χ0n) is 38.7. The van der Waals surface area contributed by atoms with E-state index in [2.05, 4.69) is 241 Å². The summed E-state index contributed by atoms with van der Waals surface area (Å²) in [6.45, 7) is 0. The van der Waals surface area contributed by atoms with Crippen LogP contribution in [0.2, 0.25) is 0 Å². The Bertz CT molecular complexity index is 4130. The maximum Gasteiger partial charge on any atom is 0.143 e. The third-order valence-corrected chi connectivity index (χ3v) is 14.9. The minimum Gasteiger partial charge on any atom is -0.455 e. The molecule has 0 saturated heterocycles. The van der Waals surface area contributed by atoms with Crippen LogP contribution in [0.15, 0.2) is 235 Å². The predicted octanol–water partition coefficient (Wildman–Crippen LogP) is 18.7. The van der Waals surface area contributed by atoms with Crippen LogP contribution in [0.5, 0.6) is 0 Å². The van der Waals surface area contributed by atoms with E-state index < -0.39 is 0 Å². The van der Waals surface area contributed by atoms with Crippen molar-refractivity contribution in [2.45, 2.75) is 25.7 Å². The molecule has 330 valence electrons. The topological polar surface area (TPSA) is 18.1 Å². The molecular formula is C68H47NO. The normalized spacial score (nSPS) is 13.6. The predicted molar refractivity (Wildman–Crippen MR) is 296 cm³/mol. The quantitative estimate of drug-likeness (QED) is 0.146. The Balaban J connectivity index is 1.00. The lowest BCUT2D eigenvalue weighted by Gasteiger charge is -2.21. The van der Waals surface area contributed by atoms with Gasteiger partial charge in [0.1, 0.15) is 11.2 Å². The summed E-state index contributed by atoms with van der Waals surface area (Å²) >= 11 is 0. The molecule has 70 heavy (non-hydrogen) atoms. The molecule has 2 nitrogen and oxygen atoms in total. The minimum absolute atomic E-state index is 0.868. The molecule has 2 aliphatic carbocycles. The van der Waals surface area contributed by atoms with Gasteiger partial charge in [-0.15, -0.1) is 0 Å². The van der Waals surface area contributed by atoms with Crippen molar-refractivity contribution in [1.29, 1.82) is 0 Å². The second-order valence-electron chi connectivity index (χ2n) is 18.9. The van der Waals surface area contributed by atoms with Crippen molar-refractivity contribution in [3.8, 4) is 50.2 Å². The van der Waals surface area contributed by atoms with E-state index in [-0.39, 0.29) is 0 Å². The number of hydrogen-bond donors (Lipinski definition) is 0. The second kappa shape index (κ2) is 16.5. The van der Waals surface area contributed by atoms with Gasteiger partial charge in [-0.25, -0.2) is 0 Å². The molecule has 0 radical (unpaired) electrons. The third kappa shape index (κ3) is 6.55. The Morgan fingerprint density at radius 2 is 0.943 bits per heavy atom. The van der Waals surface area contributed by atoms with Gasteiger partial charge in [0.15, 0.2) is 0 Å². The van der Waals surface area contributed by atoms with Crippen LogP contribution >= 0.6 is 0 Å². The number of fused-ring (bicyclic) bond motifs is 8. The number of para-hydroxylation sites is 1. The van der Waals surface area contributed by atoms with E-state index in [1.807, 2.05) is 0 Å². The number of allylic oxidation sites excluding steroid dienone is 5. The molecule has 0 N–H and O–H groups in total. The SMILES string of the molecule is C1=CC(c2c3ccccc3c(-c3ccccc3)c3cc(-n4c5c(c6ccccc64)C=C(c4cc(-c6ccccc6)cc6c4oc4c(-c7ccccc7)cc(-c7ccccc7)cc46)CC5)ccc23)=CCC1. The number of furan rings is 1. The van der Waals surface area contributed by atoms with Crippen molar-refractivity contribution in [2.75, 3.05) is 0 Å². The molecule has 0 spiro atoms. The standard InChI is InChI=1S/C68H47NO/c1-6-20-44(21-7-1)50-39-57(46-24-10-3-11-25-46)67-61(41-50)62-42-51(45-22-8-2-9-23-45)40-58(68(62)70-67)49-34-37-64-59(38-49)53-30-18-19-33-63(53)69(64)52-35-36-56-60(43-52)66(48-28-14-5-15-29-48)55-32-17-16-31-54(55)65(56)47-26-12-4-13-27-47/h1-3,5-12,14-33,35-36,38-43H,4,13,34,37H2. The number of aromatic nitrogens is 1. The Kier molecular flexibility index (Phi) is 9.52. The first kappa shape index (κ1) is 40.4. The third-order valence-electron chi connectivity index (χ3n) is 14.9. The van der Waals surface area contributed by atoms with Gasteiger partial charge in [-0.05, 0) is 151 Å². The largest absolute Gasteiger partial charge is 0.455 e. The van der Waals surface area contributed by atoms with Gasteiger partial charge >= 0.3 is 0 Å². The van der Waals surface area contributed by atoms with E-state index in [1.54, 1.807) is 0 Å². The molecule has 0 saturated carbocycles. The Morgan fingerprint density at radius 1 is 0.386 bits per heavy atom. The Morgan fingerprint density at radius 3 is 1.60 bits per heavy atom. The summed E-state index contributed by atoms with van der Waals surface area (Å²) < 4.78 is 9.82. The molecule has 0 unspecified atom stereocenters. The van der Waals surface area contributed by atoms with Gasteiger partial charge in [0.25, 0.3) is 0 Å². The molecule has 2 aliphatic rings. The Hall–Kier alpha value is -8.72. The van der Waals surface area contributed by atoms with Gasteiger partial charge in [-0.3, -0.25) is 0 Å². The van der Waals surface area contributed by atoms with Crippen LogP contribution in [0.1, 0.15) is 41.6 Å². The van der Waals surface area contributed by atoms with Gasteiger partial charge in [0.2, 0.25) is 0 Å². The fraction of sp³-hybridized carbons (Fsp3) is 0.0588. The summed E-state index contributed by atoms with van der Waals surface area (Å²) in [6, 6.07) is 77.8. The maximum atomic E-state index is 7.27. The van der Waals surface area contributed by atoms with Crippen molar-refractivity contribution in [3.63, 3.8) is 0 Å². The molecule has 0 aliphatic heterocycles. The lowest BCUT2D eigenvalue weighted by Crippen LogP contribution is -2.06. The highest BCUT2D eigenvalue weighted by Crippen LogP contribution is 2.48. The van der Waals surface area contributed by atoms with Crippen LogP contribution < -0.4 is 0 Å². The molecular weight excluding hydrogens is 847 g/mol. The lowest BCUT2D eigenvalue weighted by molar-refractivity contribution is 0.668. The fourth-order valence-corrected chi connectivity index (χ4v) is 11.7. The Labute approximate surface area is 407 Å². The van der Waals surface area contributed by atoms with Crippen LogP contribution in [0.3, 0.4) is 0 Å². The summed E-state index contributed by atoms with van der Waals surface area (Å²) in [4.78, 5) is 0. The van der Waals surface area contributed by atoms with E-state index in [0.29, 0.717) is 0 Å². The first-order valence-corrected chi connectivity index (χ1v) is 24.7. The monoisotopic (exact) mass is 893 g/mol. The van der Waals surface area contributed by atoms with E-state index in [4.69, 9.17) is 4.42 Å². The first-order chi connectivity index (χ1) is 34.7. The van der Waals surface area contributed by atoms with E-state index in [0.717, 1.165) is 64.3 Å². The summed E-state index contributed by atoms with van der Waals surface area (Å²) in [6.07, 6.45) is 13.5. The zero-order chi connectivity index (χ0) is 46.1. The van der Waals surface area contributed by atoms with Gasteiger partial charge in [-0.2, -0.15) is 0 Å². The van der Waals surface area contributed by atoms with Gasteiger partial charge in [0, 0.05) is 44.2 Å². The summed E-state index contributed by atoms with van der Waals surface area (Å²) in [5.41, 5.74) is 21.4. The molecule has 0 fully saturated rings. The molecule has 2 heteroatoms. The maximum absolute atomic E-state index is 7.27. The number of rotatable bonds is 7. The summed E-state index contributed by atoms with van der Waals surface area (Å²) in [5.74, 6) is 0. The van der Waals surface area contributed by atoms with Gasteiger partial charge in [-0.1, -0.05) is 188 Å². The molecule has 2 aromatic heterocycles. The molecule has 0 bridgehead atoms. The van der Waals surface area contributed by atoms with E-state index in [1.165, 1.54) is 99.5 Å². The molecule has 2 heterocycles. The van der Waals surface area contributed by atoms with Crippen molar-refractivity contribution in [3.05, 3.63) is 253 Å². The van der Waals surface area contributed by atoms with E-state index >= 15 is 0 Å². The van der Waals surface area contributed by atoms with Crippen LogP contribution in [-0.4, -0.2) is 4.57 Å². The van der Waals surface area contributed by atoms with Crippen molar-refractivity contribution in [1.82, 2.24) is 4.57 Å². The highest BCUT2D eigenvalue weighted by molar-refractivity contribution is 6.20. The summed E-state index contributed by atoms with van der Waals surface area (Å²) in [5, 5.41) is 8.64. The average Bonchev–Trinajstić information content (AvgIpc) is 3.98. The molecule has 14 rings (SSSR count). The van der Waals surface area contributed by atoms with Crippen LogP contribution in [-0.2, 0) is 6.42 Å². The van der Waals surface area contributed by atoms with Crippen LogP contribution in [0.25, 0.3) is 122 Å². The fourth-order valence-electron chi connectivity index (χ4n) is 11.7. The number of benzene rings is 10. The van der Waals surface area contributed by atoms with Crippen molar-refractivity contribution in [2.24, 2.45) is 0 Å². The molecule has 12 aromatic rings. The molecule has 0 atom stereocenters. The minimum atomic E-state index is 0.868. The smallest absolute Gasteiger partial charge is 0.143 e. The summed E-state index contributed by atoms with van der Waals surface area (Å²) in [7, 11) is 0. The van der Waals surface area contributed by atoms with Gasteiger partial charge in [0.05, 0.1) is 5.52 Å². The first-order valence-electron chi connectivity index (χ1n) is 24.7. The molecule has 0 amide bonds.